The SMILES string of the molecule is Cc1cc(C)c(CNC(=O)C2CCN(c3ccc(C(F)(F)F)c[nH+]3)CC2)c(=O)[nH]1. The number of nitrogens with zero attached hydrogens (tertiary/aromatic N) is 1. The first kappa shape index (κ1) is 20.9. The zero-order valence-electron chi connectivity index (χ0n) is 16.3. The number of hydrogen-bond acceptors (Lipinski definition) is 3. The van der Waals surface area contributed by atoms with Gasteiger partial charge in [-0.25, -0.2) is 4.98 Å². The molecule has 1 fully saturated rings. The van der Waals surface area contributed by atoms with Crippen molar-refractivity contribution in [1.82, 2.24) is 10.3 Å². The lowest BCUT2D eigenvalue weighted by molar-refractivity contribution is -0.367. The van der Waals surface area contributed by atoms with Crippen LogP contribution in [0, 0.1) is 19.8 Å². The Labute approximate surface area is 166 Å². The van der Waals surface area contributed by atoms with Crippen LogP contribution in [-0.2, 0) is 17.5 Å². The Bertz CT molecular complexity index is 930. The number of rotatable bonds is 4. The molecule has 3 heterocycles. The van der Waals surface area contributed by atoms with Crippen molar-refractivity contribution in [3.8, 4) is 0 Å². The minimum atomic E-state index is -4.38. The van der Waals surface area contributed by atoms with E-state index in [2.05, 4.69) is 15.3 Å². The third-order valence-corrected chi connectivity index (χ3v) is 5.26. The first-order valence-electron chi connectivity index (χ1n) is 9.46. The standard InChI is InChI=1S/C20H23F3N4O2/c1-12-9-13(2)26-19(29)16(12)11-25-18(28)14-5-7-27(8-6-14)17-4-3-15(10-24-17)20(21,22)23/h3-4,9-10,14H,5-8,11H2,1-2H3,(H,25,28)(H,26,29)/p+1. The second-order valence-corrected chi connectivity index (χ2v) is 7.38. The van der Waals surface area contributed by atoms with Gasteiger partial charge in [0, 0.05) is 29.8 Å². The van der Waals surface area contributed by atoms with Crippen molar-refractivity contribution in [1.29, 1.82) is 0 Å². The Hall–Kier alpha value is -2.84. The van der Waals surface area contributed by atoms with E-state index in [1.807, 2.05) is 17.9 Å². The minimum Gasteiger partial charge on any atom is -0.352 e. The molecule has 1 amide bonds. The Kier molecular flexibility index (Phi) is 5.95. The van der Waals surface area contributed by atoms with Crippen LogP contribution in [-0.4, -0.2) is 24.0 Å². The fraction of sp³-hybridized carbons (Fsp3) is 0.450. The van der Waals surface area contributed by atoms with Gasteiger partial charge in [0.1, 0.15) is 6.20 Å². The number of halogens is 3. The summed E-state index contributed by atoms with van der Waals surface area (Å²) < 4.78 is 38.0. The molecule has 6 nitrogen and oxygen atoms in total. The van der Waals surface area contributed by atoms with Gasteiger partial charge in [0.15, 0.2) is 0 Å². The molecular formula is C20H24F3N4O2+. The molecule has 0 bridgehead atoms. The number of nitrogens with one attached hydrogen (secondary N) is 3. The zero-order valence-corrected chi connectivity index (χ0v) is 16.3. The summed E-state index contributed by atoms with van der Waals surface area (Å²) in [6.07, 6.45) is -2.25. The molecule has 0 aromatic carbocycles. The van der Waals surface area contributed by atoms with Crippen LogP contribution in [0.1, 0.15) is 35.2 Å². The number of alkyl halides is 3. The van der Waals surface area contributed by atoms with E-state index in [0.29, 0.717) is 37.3 Å². The van der Waals surface area contributed by atoms with E-state index in [0.717, 1.165) is 23.5 Å². The third kappa shape index (κ3) is 4.96. The van der Waals surface area contributed by atoms with Crippen molar-refractivity contribution in [3.05, 3.63) is 57.1 Å². The molecule has 9 heteroatoms. The Balaban J connectivity index is 1.54. The number of carbonyl (C=O) groups excluding carboxylic acids is 1. The molecular weight excluding hydrogens is 385 g/mol. The highest BCUT2D eigenvalue weighted by atomic mass is 19.4. The quantitative estimate of drug-likeness (QED) is 0.814. The van der Waals surface area contributed by atoms with Crippen LogP contribution in [0.25, 0.3) is 0 Å². The van der Waals surface area contributed by atoms with E-state index in [1.54, 1.807) is 6.92 Å². The van der Waals surface area contributed by atoms with Crippen LogP contribution >= 0.6 is 0 Å². The summed E-state index contributed by atoms with van der Waals surface area (Å²) in [6, 6.07) is 4.32. The molecule has 0 unspecified atom stereocenters. The van der Waals surface area contributed by atoms with Gasteiger partial charge >= 0.3 is 6.18 Å². The number of H-pyrrole nitrogens is 2. The molecule has 0 spiro atoms. The second-order valence-electron chi connectivity index (χ2n) is 7.38. The van der Waals surface area contributed by atoms with E-state index in [-0.39, 0.29) is 23.9 Å². The predicted octanol–water partition coefficient (Wildman–Crippen LogP) is 2.36. The lowest BCUT2D eigenvalue weighted by atomic mass is 9.95. The van der Waals surface area contributed by atoms with Gasteiger partial charge in [0.25, 0.3) is 11.4 Å². The molecule has 1 aliphatic heterocycles. The van der Waals surface area contributed by atoms with Crippen LogP contribution in [0.15, 0.2) is 29.2 Å². The van der Waals surface area contributed by atoms with Gasteiger partial charge in [-0.3, -0.25) is 14.5 Å². The summed E-state index contributed by atoms with van der Waals surface area (Å²) in [5.41, 5.74) is 1.22. The maximum Gasteiger partial charge on any atom is 0.419 e. The number of anilines is 1. The molecule has 29 heavy (non-hydrogen) atoms. The van der Waals surface area contributed by atoms with Crippen molar-refractivity contribution < 1.29 is 22.9 Å². The van der Waals surface area contributed by atoms with Crippen molar-refractivity contribution in [2.24, 2.45) is 5.92 Å². The van der Waals surface area contributed by atoms with Gasteiger partial charge < -0.3 is 10.3 Å². The van der Waals surface area contributed by atoms with E-state index in [9.17, 15) is 22.8 Å². The topological polar surface area (TPSA) is 79.3 Å². The lowest BCUT2D eigenvalue weighted by Crippen LogP contribution is -2.42. The normalized spacial score (nSPS) is 15.4. The Morgan fingerprint density at radius 2 is 1.97 bits per heavy atom. The number of aromatic amines is 2. The summed E-state index contributed by atoms with van der Waals surface area (Å²) in [7, 11) is 0. The van der Waals surface area contributed by atoms with Gasteiger partial charge in [0.05, 0.1) is 18.7 Å². The first-order chi connectivity index (χ1) is 13.6. The van der Waals surface area contributed by atoms with Gasteiger partial charge in [-0.1, -0.05) is 0 Å². The molecule has 3 N–H and O–H groups in total. The predicted molar refractivity (Wildman–Crippen MR) is 101 cm³/mol. The van der Waals surface area contributed by atoms with E-state index < -0.39 is 11.7 Å². The molecule has 0 saturated carbocycles. The van der Waals surface area contributed by atoms with Crippen LogP contribution < -0.4 is 20.8 Å². The van der Waals surface area contributed by atoms with Crippen LogP contribution in [0.4, 0.5) is 19.0 Å². The van der Waals surface area contributed by atoms with Gasteiger partial charge in [-0.15, -0.1) is 0 Å². The van der Waals surface area contributed by atoms with Gasteiger partial charge in [-0.2, -0.15) is 13.2 Å². The van der Waals surface area contributed by atoms with Crippen LogP contribution in [0.5, 0.6) is 0 Å². The average Bonchev–Trinajstić information content (AvgIpc) is 2.66. The summed E-state index contributed by atoms with van der Waals surface area (Å²) >= 11 is 0. The molecule has 0 atom stereocenters. The zero-order chi connectivity index (χ0) is 21.2. The van der Waals surface area contributed by atoms with Crippen LogP contribution in [0.3, 0.4) is 0 Å². The highest BCUT2D eigenvalue weighted by Crippen LogP contribution is 2.29. The number of aryl methyl sites for hydroxylation is 2. The summed E-state index contributed by atoms with van der Waals surface area (Å²) in [6.45, 7) is 4.93. The van der Waals surface area contributed by atoms with Crippen molar-refractivity contribution in [2.45, 2.75) is 39.4 Å². The highest BCUT2D eigenvalue weighted by Gasteiger charge is 2.33. The van der Waals surface area contributed by atoms with E-state index in [1.165, 1.54) is 6.07 Å². The number of hydrogen-bond donors (Lipinski definition) is 2. The van der Waals surface area contributed by atoms with E-state index >= 15 is 0 Å². The molecule has 0 aliphatic carbocycles. The lowest BCUT2D eigenvalue weighted by Gasteiger charge is -2.27. The van der Waals surface area contributed by atoms with E-state index in [4.69, 9.17) is 0 Å². The van der Waals surface area contributed by atoms with Crippen molar-refractivity contribution >= 4 is 11.7 Å². The number of amides is 1. The molecule has 0 radical (unpaired) electrons. The molecule has 156 valence electrons. The number of aromatic nitrogens is 2. The average molecular weight is 409 g/mol. The maximum atomic E-state index is 12.7. The second kappa shape index (κ2) is 8.26. The fourth-order valence-corrected chi connectivity index (χ4v) is 3.59. The fourth-order valence-electron chi connectivity index (χ4n) is 3.59. The Morgan fingerprint density at radius 1 is 1.28 bits per heavy atom. The van der Waals surface area contributed by atoms with Gasteiger partial charge in [-0.05, 0) is 44.4 Å². The highest BCUT2D eigenvalue weighted by molar-refractivity contribution is 5.79. The molecule has 2 aromatic heterocycles. The maximum absolute atomic E-state index is 12.7. The third-order valence-electron chi connectivity index (χ3n) is 5.26. The van der Waals surface area contributed by atoms with Crippen LogP contribution in [0.2, 0.25) is 0 Å². The number of piperidine rings is 1. The molecule has 1 aliphatic rings. The minimum absolute atomic E-state index is 0.111. The molecule has 2 aromatic rings. The Morgan fingerprint density at radius 3 is 2.52 bits per heavy atom. The van der Waals surface area contributed by atoms with Crippen molar-refractivity contribution in [3.63, 3.8) is 0 Å². The van der Waals surface area contributed by atoms with Crippen molar-refractivity contribution in [2.75, 3.05) is 18.0 Å². The summed E-state index contributed by atoms with van der Waals surface area (Å²) in [5, 5.41) is 2.84. The van der Waals surface area contributed by atoms with Gasteiger partial charge in [0.2, 0.25) is 5.91 Å². The number of carbonyl (C=O) groups is 1. The largest absolute Gasteiger partial charge is 0.419 e. The first-order valence-corrected chi connectivity index (χ1v) is 9.46. The smallest absolute Gasteiger partial charge is 0.352 e. The summed E-state index contributed by atoms with van der Waals surface area (Å²) in [4.78, 5) is 31.9. The summed E-state index contributed by atoms with van der Waals surface area (Å²) in [5.74, 6) is 0.296. The monoisotopic (exact) mass is 409 g/mol. The number of pyridine rings is 2. The molecule has 1 saturated heterocycles. The molecule has 3 rings (SSSR count).